The first-order chi connectivity index (χ1) is 5.12. The first kappa shape index (κ1) is 10.5. The summed E-state index contributed by atoms with van der Waals surface area (Å²) in [6, 6.07) is 0. The van der Waals surface area contributed by atoms with Crippen LogP contribution < -0.4 is 5.32 Å². The second-order valence-corrected chi connectivity index (χ2v) is 3.15. The van der Waals surface area contributed by atoms with E-state index in [-0.39, 0.29) is 12.1 Å². The van der Waals surface area contributed by atoms with Gasteiger partial charge in [0.2, 0.25) is 0 Å². The summed E-state index contributed by atoms with van der Waals surface area (Å²) in [6.07, 6.45) is 0.847. The molecule has 2 N–H and O–H groups in total. The second kappa shape index (κ2) is 5.17. The Morgan fingerprint density at radius 1 is 1.45 bits per heavy atom. The van der Waals surface area contributed by atoms with Crippen LogP contribution in [0.3, 0.4) is 0 Å². The van der Waals surface area contributed by atoms with Crippen molar-refractivity contribution in [1.29, 1.82) is 0 Å². The first-order valence-electron chi connectivity index (χ1n) is 3.88. The van der Waals surface area contributed by atoms with Crippen molar-refractivity contribution in [3.8, 4) is 11.8 Å². The van der Waals surface area contributed by atoms with Crippen LogP contribution in [0.2, 0.25) is 0 Å². The summed E-state index contributed by atoms with van der Waals surface area (Å²) in [4.78, 5) is 0. The summed E-state index contributed by atoms with van der Waals surface area (Å²) in [7, 11) is 0. The van der Waals surface area contributed by atoms with Crippen LogP contribution in [-0.4, -0.2) is 23.8 Å². The molecule has 0 aromatic rings. The van der Waals surface area contributed by atoms with Gasteiger partial charge in [-0.15, -0.1) is 11.8 Å². The minimum atomic E-state index is -0.171. The molecule has 0 amide bonds. The van der Waals surface area contributed by atoms with Crippen LogP contribution in [0.1, 0.15) is 27.2 Å². The van der Waals surface area contributed by atoms with E-state index in [4.69, 9.17) is 5.11 Å². The molecule has 2 nitrogen and oxygen atoms in total. The molecule has 0 rings (SSSR count). The van der Waals surface area contributed by atoms with E-state index in [2.05, 4.69) is 17.2 Å². The van der Waals surface area contributed by atoms with Crippen molar-refractivity contribution >= 4 is 0 Å². The summed E-state index contributed by atoms with van der Waals surface area (Å²) in [5, 5.41) is 12.0. The predicted molar refractivity (Wildman–Crippen MR) is 47.2 cm³/mol. The maximum atomic E-state index is 8.85. The van der Waals surface area contributed by atoms with Gasteiger partial charge in [-0.3, -0.25) is 0 Å². The smallest absolute Gasteiger partial charge is 0.0607 e. The molecule has 64 valence electrons. The number of aliphatic hydroxyl groups is 1. The van der Waals surface area contributed by atoms with Crippen molar-refractivity contribution in [2.24, 2.45) is 0 Å². The molecule has 0 aromatic carbocycles. The van der Waals surface area contributed by atoms with Crippen LogP contribution in [0.5, 0.6) is 0 Å². The normalized spacial score (nSPS) is 10.5. The maximum Gasteiger partial charge on any atom is 0.0607 e. The third-order valence-corrected chi connectivity index (χ3v) is 1.43. The standard InChI is InChI=1S/C9H17NO/c1-4-5-6-7-10-9(2,3)8-11/h10-11H,6-8H2,1-3H3. The summed E-state index contributed by atoms with van der Waals surface area (Å²) in [5.41, 5.74) is -0.171. The lowest BCUT2D eigenvalue weighted by Gasteiger charge is -2.22. The molecule has 0 atom stereocenters. The van der Waals surface area contributed by atoms with Crippen molar-refractivity contribution in [2.75, 3.05) is 13.2 Å². The van der Waals surface area contributed by atoms with Gasteiger partial charge in [0.1, 0.15) is 0 Å². The Bertz CT molecular complexity index is 153. The highest BCUT2D eigenvalue weighted by molar-refractivity contribution is 4.95. The van der Waals surface area contributed by atoms with Crippen molar-refractivity contribution in [3.63, 3.8) is 0 Å². The fourth-order valence-electron chi connectivity index (χ4n) is 0.644. The van der Waals surface area contributed by atoms with Crippen molar-refractivity contribution < 1.29 is 5.11 Å². The number of rotatable bonds is 4. The molecule has 0 aliphatic rings. The summed E-state index contributed by atoms with van der Waals surface area (Å²) < 4.78 is 0. The summed E-state index contributed by atoms with van der Waals surface area (Å²) in [6.45, 7) is 6.76. The van der Waals surface area contributed by atoms with Gasteiger partial charge < -0.3 is 10.4 Å². The monoisotopic (exact) mass is 155 g/mol. The maximum absolute atomic E-state index is 8.85. The molecule has 0 heterocycles. The molecule has 0 unspecified atom stereocenters. The highest BCUT2D eigenvalue weighted by Gasteiger charge is 2.13. The van der Waals surface area contributed by atoms with Gasteiger partial charge in [-0.2, -0.15) is 0 Å². The van der Waals surface area contributed by atoms with Gasteiger partial charge >= 0.3 is 0 Å². The summed E-state index contributed by atoms with van der Waals surface area (Å²) >= 11 is 0. The van der Waals surface area contributed by atoms with Gasteiger partial charge in [0.25, 0.3) is 0 Å². The van der Waals surface area contributed by atoms with E-state index < -0.39 is 0 Å². The lowest BCUT2D eigenvalue weighted by molar-refractivity contribution is 0.190. The molecular weight excluding hydrogens is 138 g/mol. The van der Waals surface area contributed by atoms with E-state index in [0.29, 0.717) is 0 Å². The molecule has 0 fully saturated rings. The van der Waals surface area contributed by atoms with Gasteiger partial charge in [0.05, 0.1) is 6.61 Å². The Kier molecular flexibility index (Phi) is 4.93. The Labute approximate surface area is 69.0 Å². The Morgan fingerprint density at radius 3 is 2.55 bits per heavy atom. The number of aliphatic hydroxyl groups excluding tert-OH is 1. The molecule has 0 aliphatic heterocycles. The number of hydrogen-bond donors (Lipinski definition) is 2. The Hall–Kier alpha value is -0.520. The minimum Gasteiger partial charge on any atom is -0.394 e. The predicted octanol–water partition coefficient (Wildman–Crippen LogP) is 0.760. The van der Waals surface area contributed by atoms with Crippen molar-refractivity contribution in [3.05, 3.63) is 0 Å². The molecule has 0 saturated heterocycles. The van der Waals surface area contributed by atoms with Crippen LogP contribution in [0.4, 0.5) is 0 Å². The fourth-order valence-corrected chi connectivity index (χ4v) is 0.644. The molecule has 0 aliphatic carbocycles. The van der Waals surface area contributed by atoms with Gasteiger partial charge in [-0.05, 0) is 20.8 Å². The lowest BCUT2D eigenvalue weighted by Crippen LogP contribution is -2.42. The zero-order chi connectivity index (χ0) is 8.74. The average Bonchev–Trinajstić information content (AvgIpc) is 1.99. The zero-order valence-corrected chi connectivity index (χ0v) is 7.57. The van der Waals surface area contributed by atoms with Gasteiger partial charge in [-0.1, -0.05) is 0 Å². The van der Waals surface area contributed by atoms with E-state index in [9.17, 15) is 0 Å². The summed E-state index contributed by atoms with van der Waals surface area (Å²) in [5.74, 6) is 5.77. The largest absolute Gasteiger partial charge is 0.394 e. The quantitative estimate of drug-likeness (QED) is 0.464. The van der Waals surface area contributed by atoms with Gasteiger partial charge in [0.15, 0.2) is 0 Å². The molecule has 0 bridgehead atoms. The SMILES string of the molecule is CC#CCCNC(C)(C)CO. The number of nitrogens with one attached hydrogen (secondary N) is 1. The van der Waals surface area contributed by atoms with Crippen LogP contribution in [-0.2, 0) is 0 Å². The van der Waals surface area contributed by atoms with E-state index in [0.717, 1.165) is 13.0 Å². The van der Waals surface area contributed by atoms with Crippen LogP contribution in [0.15, 0.2) is 0 Å². The van der Waals surface area contributed by atoms with E-state index in [1.165, 1.54) is 0 Å². The van der Waals surface area contributed by atoms with E-state index in [1.54, 1.807) is 0 Å². The topological polar surface area (TPSA) is 32.3 Å². The third-order valence-electron chi connectivity index (χ3n) is 1.43. The fraction of sp³-hybridized carbons (Fsp3) is 0.778. The van der Waals surface area contributed by atoms with Gasteiger partial charge in [0, 0.05) is 18.5 Å². The molecule has 0 aromatic heterocycles. The number of hydrogen-bond acceptors (Lipinski definition) is 2. The van der Waals surface area contributed by atoms with Gasteiger partial charge in [-0.25, -0.2) is 0 Å². The van der Waals surface area contributed by atoms with Crippen molar-refractivity contribution in [2.45, 2.75) is 32.7 Å². The van der Waals surface area contributed by atoms with Crippen LogP contribution in [0, 0.1) is 11.8 Å². The zero-order valence-electron chi connectivity index (χ0n) is 7.57. The van der Waals surface area contributed by atoms with Crippen LogP contribution >= 0.6 is 0 Å². The Morgan fingerprint density at radius 2 is 2.09 bits per heavy atom. The molecular formula is C9H17NO. The van der Waals surface area contributed by atoms with E-state index in [1.807, 2.05) is 20.8 Å². The molecule has 0 radical (unpaired) electrons. The third kappa shape index (κ3) is 5.90. The van der Waals surface area contributed by atoms with Crippen LogP contribution in [0.25, 0.3) is 0 Å². The molecule has 0 spiro atoms. The highest BCUT2D eigenvalue weighted by atomic mass is 16.3. The molecule has 2 heteroatoms. The van der Waals surface area contributed by atoms with E-state index >= 15 is 0 Å². The molecule has 0 saturated carbocycles. The molecule has 11 heavy (non-hydrogen) atoms. The Balaban J connectivity index is 3.42. The van der Waals surface area contributed by atoms with Crippen molar-refractivity contribution in [1.82, 2.24) is 5.32 Å². The second-order valence-electron chi connectivity index (χ2n) is 3.15. The average molecular weight is 155 g/mol. The minimum absolute atomic E-state index is 0.159. The first-order valence-corrected chi connectivity index (χ1v) is 3.88. The highest BCUT2D eigenvalue weighted by Crippen LogP contribution is 1.98. The lowest BCUT2D eigenvalue weighted by atomic mass is 10.1.